The summed E-state index contributed by atoms with van der Waals surface area (Å²) in [5.41, 5.74) is 0.102. The molecule has 13 heavy (non-hydrogen) atoms. The Morgan fingerprint density at radius 3 is 2.15 bits per heavy atom. The smallest absolute Gasteiger partial charge is 0.166 e. The fraction of sp³-hybridized carbons (Fsp3) is 1.00. The van der Waals surface area contributed by atoms with Gasteiger partial charge in [0.2, 0.25) is 0 Å². The van der Waals surface area contributed by atoms with E-state index in [9.17, 15) is 5.11 Å². The maximum atomic E-state index is 10.1. The second-order valence-electron chi connectivity index (χ2n) is 5.09. The van der Waals surface area contributed by atoms with Crippen molar-refractivity contribution in [1.29, 1.82) is 0 Å². The van der Waals surface area contributed by atoms with Gasteiger partial charge in [0, 0.05) is 12.8 Å². The Hall–Kier alpha value is -0.0800. The normalized spacial score (nSPS) is 50.5. The lowest BCUT2D eigenvalue weighted by atomic mass is 9.77. The van der Waals surface area contributed by atoms with E-state index in [1.807, 2.05) is 0 Å². The highest BCUT2D eigenvalue weighted by Gasteiger charge is 2.54. The molecule has 0 aromatic carbocycles. The molecule has 0 atom stereocenters. The van der Waals surface area contributed by atoms with Crippen molar-refractivity contribution in [2.75, 3.05) is 0 Å². The fourth-order valence-corrected chi connectivity index (χ4v) is 3.26. The van der Waals surface area contributed by atoms with E-state index in [2.05, 4.69) is 0 Å². The lowest BCUT2D eigenvalue weighted by Crippen LogP contribution is -2.53. The minimum absolute atomic E-state index is 0.102. The van der Waals surface area contributed by atoms with Crippen molar-refractivity contribution in [3.8, 4) is 0 Å². The summed E-state index contributed by atoms with van der Waals surface area (Å²) >= 11 is 0. The van der Waals surface area contributed by atoms with Gasteiger partial charge in [0.15, 0.2) is 5.79 Å². The molecule has 3 fully saturated rings. The van der Waals surface area contributed by atoms with Crippen molar-refractivity contribution in [3.63, 3.8) is 0 Å². The average molecular weight is 182 g/mol. The van der Waals surface area contributed by atoms with Crippen LogP contribution in [-0.2, 0) is 4.74 Å². The van der Waals surface area contributed by atoms with Crippen LogP contribution in [0.1, 0.15) is 51.4 Å². The largest absolute Gasteiger partial charge is 0.365 e. The van der Waals surface area contributed by atoms with Gasteiger partial charge in [-0.15, -0.1) is 0 Å². The first-order valence-electron chi connectivity index (χ1n) is 5.65. The van der Waals surface area contributed by atoms with Gasteiger partial charge in [-0.3, -0.25) is 0 Å². The average Bonchev–Trinajstić information content (AvgIpc) is 2.84. The molecule has 3 aliphatic rings. The second-order valence-corrected chi connectivity index (χ2v) is 5.09. The zero-order valence-electron chi connectivity index (χ0n) is 8.09. The molecule has 0 radical (unpaired) electrons. The van der Waals surface area contributed by atoms with E-state index >= 15 is 0 Å². The number of hydrogen-bond acceptors (Lipinski definition) is 2. The van der Waals surface area contributed by atoms with E-state index in [-0.39, 0.29) is 5.60 Å². The third-order valence-electron chi connectivity index (χ3n) is 4.05. The highest BCUT2D eigenvalue weighted by Crippen LogP contribution is 2.55. The summed E-state index contributed by atoms with van der Waals surface area (Å²) in [6.45, 7) is 0. The molecule has 0 amide bonds. The summed E-state index contributed by atoms with van der Waals surface area (Å²) in [7, 11) is 0. The molecule has 2 saturated heterocycles. The fourth-order valence-electron chi connectivity index (χ4n) is 3.26. The second kappa shape index (κ2) is 2.48. The van der Waals surface area contributed by atoms with Gasteiger partial charge >= 0.3 is 0 Å². The molecule has 74 valence electrons. The number of fused-ring (bicyclic) bond motifs is 2. The van der Waals surface area contributed by atoms with Gasteiger partial charge in [0.25, 0.3) is 0 Å². The number of hydrogen-bond donors (Lipinski definition) is 1. The van der Waals surface area contributed by atoms with Crippen LogP contribution in [0.2, 0.25) is 0 Å². The first-order valence-corrected chi connectivity index (χ1v) is 5.65. The van der Waals surface area contributed by atoms with Crippen molar-refractivity contribution >= 4 is 0 Å². The number of ether oxygens (including phenoxy) is 1. The van der Waals surface area contributed by atoms with Gasteiger partial charge in [-0.05, 0) is 44.4 Å². The first-order chi connectivity index (χ1) is 6.23. The monoisotopic (exact) mass is 182 g/mol. The molecule has 1 aliphatic carbocycles. The first kappa shape index (κ1) is 8.25. The van der Waals surface area contributed by atoms with E-state index in [0.29, 0.717) is 0 Å². The number of aliphatic hydroxyl groups is 1. The van der Waals surface area contributed by atoms with Crippen LogP contribution in [0.3, 0.4) is 0 Å². The summed E-state index contributed by atoms with van der Waals surface area (Å²) in [6.07, 6.45) is 9.09. The van der Waals surface area contributed by atoms with Crippen LogP contribution < -0.4 is 0 Å². The molecule has 2 bridgehead atoms. The van der Waals surface area contributed by atoms with Gasteiger partial charge in [0.1, 0.15) is 0 Å². The SMILES string of the molecule is OC12CCCC(C3CC3)(CCC1)O2. The molecule has 0 aromatic rings. The molecule has 1 N–H and O–H groups in total. The van der Waals surface area contributed by atoms with Gasteiger partial charge in [-0.2, -0.15) is 0 Å². The summed E-state index contributed by atoms with van der Waals surface area (Å²) in [5, 5.41) is 10.1. The lowest BCUT2D eigenvalue weighted by molar-refractivity contribution is -0.320. The highest BCUT2D eigenvalue weighted by atomic mass is 16.6. The van der Waals surface area contributed by atoms with E-state index in [0.717, 1.165) is 31.6 Å². The summed E-state index contributed by atoms with van der Waals surface area (Å²) in [5.74, 6) is 0.0404. The molecular formula is C11H18O2. The van der Waals surface area contributed by atoms with Crippen molar-refractivity contribution < 1.29 is 9.84 Å². The Bertz CT molecular complexity index is 210. The Labute approximate surface area is 79.3 Å². The van der Waals surface area contributed by atoms with Crippen LogP contribution in [0.15, 0.2) is 0 Å². The molecule has 0 aromatic heterocycles. The van der Waals surface area contributed by atoms with Gasteiger partial charge < -0.3 is 9.84 Å². The summed E-state index contributed by atoms with van der Waals surface area (Å²) < 4.78 is 5.98. The Balaban J connectivity index is 1.86. The topological polar surface area (TPSA) is 29.5 Å². The van der Waals surface area contributed by atoms with Crippen LogP contribution in [0, 0.1) is 5.92 Å². The molecule has 1 saturated carbocycles. The van der Waals surface area contributed by atoms with Crippen LogP contribution in [-0.4, -0.2) is 16.5 Å². The molecule has 2 aliphatic heterocycles. The van der Waals surface area contributed by atoms with Crippen molar-refractivity contribution in [1.82, 2.24) is 0 Å². The number of rotatable bonds is 1. The predicted molar refractivity (Wildman–Crippen MR) is 49.2 cm³/mol. The van der Waals surface area contributed by atoms with E-state index < -0.39 is 5.79 Å². The van der Waals surface area contributed by atoms with E-state index in [4.69, 9.17) is 4.74 Å². The van der Waals surface area contributed by atoms with Gasteiger partial charge in [0.05, 0.1) is 5.60 Å². The van der Waals surface area contributed by atoms with Crippen LogP contribution in [0.4, 0.5) is 0 Å². The molecule has 0 spiro atoms. The molecule has 2 heterocycles. The van der Waals surface area contributed by atoms with Gasteiger partial charge in [-0.25, -0.2) is 0 Å². The van der Waals surface area contributed by atoms with E-state index in [1.165, 1.54) is 25.7 Å². The minimum atomic E-state index is -0.737. The standard InChI is InChI=1S/C11H18O2/c12-11-7-1-5-10(13-11,6-2-8-11)9-3-4-9/h9,12H,1-8H2. The maximum Gasteiger partial charge on any atom is 0.166 e. The zero-order valence-corrected chi connectivity index (χ0v) is 8.09. The van der Waals surface area contributed by atoms with Crippen LogP contribution in [0.25, 0.3) is 0 Å². The van der Waals surface area contributed by atoms with Gasteiger partial charge in [-0.1, -0.05) is 0 Å². The zero-order chi connectivity index (χ0) is 8.94. The third-order valence-corrected chi connectivity index (χ3v) is 4.05. The van der Waals surface area contributed by atoms with Crippen LogP contribution in [0.5, 0.6) is 0 Å². The third kappa shape index (κ3) is 1.23. The predicted octanol–water partition coefficient (Wildman–Crippen LogP) is 2.21. The molecular weight excluding hydrogens is 164 g/mol. The molecule has 2 nitrogen and oxygen atoms in total. The van der Waals surface area contributed by atoms with Crippen molar-refractivity contribution in [2.45, 2.75) is 62.8 Å². The minimum Gasteiger partial charge on any atom is -0.365 e. The Morgan fingerprint density at radius 1 is 1.00 bits per heavy atom. The lowest BCUT2D eigenvalue weighted by Gasteiger charge is -2.50. The summed E-state index contributed by atoms with van der Waals surface area (Å²) in [4.78, 5) is 0. The quantitative estimate of drug-likeness (QED) is 0.673. The summed E-state index contributed by atoms with van der Waals surface area (Å²) in [6, 6.07) is 0. The highest BCUT2D eigenvalue weighted by molar-refractivity contribution is 5.02. The van der Waals surface area contributed by atoms with Crippen molar-refractivity contribution in [2.24, 2.45) is 5.92 Å². The molecule has 2 heteroatoms. The van der Waals surface area contributed by atoms with Crippen LogP contribution >= 0.6 is 0 Å². The van der Waals surface area contributed by atoms with E-state index in [1.54, 1.807) is 0 Å². The molecule has 3 rings (SSSR count). The Morgan fingerprint density at radius 2 is 1.62 bits per heavy atom. The maximum absolute atomic E-state index is 10.1. The van der Waals surface area contributed by atoms with Crippen molar-refractivity contribution in [3.05, 3.63) is 0 Å². The Kier molecular flexibility index (Phi) is 1.58. The molecule has 0 unspecified atom stereocenters.